The molecule has 0 radical (unpaired) electrons. The van der Waals surface area contributed by atoms with Crippen molar-refractivity contribution in [1.82, 2.24) is 18.9 Å². The maximum atomic E-state index is 12.3. The van der Waals surface area contributed by atoms with Crippen molar-refractivity contribution in [2.45, 2.75) is 19.8 Å². The van der Waals surface area contributed by atoms with Gasteiger partial charge in [0.15, 0.2) is 0 Å². The predicted molar refractivity (Wildman–Crippen MR) is 85.3 cm³/mol. The van der Waals surface area contributed by atoms with Gasteiger partial charge in [-0.05, 0) is 43.6 Å². The number of pyridine rings is 1. The first-order chi connectivity index (χ1) is 9.98. The van der Waals surface area contributed by atoms with Gasteiger partial charge in [0.25, 0.3) is 10.2 Å². The zero-order valence-electron chi connectivity index (χ0n) is 13.1. The molecule has 0 saturated carbocycles. The van der Waals surface area contributed by atoms with Crippen LogP contribution in [0.25, 0.3) is 0 Å². The van der Waals surface area contributed by atoms with Gasteiger partial charge in [0.1, 0.15) is 0 Å². The topological polar surface area (TPSA) is 65.5 Å². The van der Waals surface area contributed by atoms with Crippen molar-refractivity contribution in [2.24, 2.45) is 0 Å². The zero-order chi connectivity index (χ0) is 15.7. The molecule has 0 amide bonds. The highest BCUT2D eigenvalue weighted by molar-refractivity contribution is 7.86. The summed E-state index contributed by atoms with van der Waals surface area (Å²) in [6.07, 6.45) is 4.93. The third-order valence-electron chi connectivity index (χ3n) is 3.33. The third kappa shape index (κ3) is 6.09. The number of nitrogens with one attached hydrogen (secondary N) is 1. The van der Waals surface area contributed by atoms with E-state index in [0.717, 1.165) is 25.1 Å². The Morgan fingerprint density at radius 3 is 2.38 bits per heavy atom. The van der Waals surface area contributed by atoms with Crippen LogP contribution in [0.15, 0.2) is 24.5 Å². The van der Waals surface area contributed by atoms with Crippen LogP contribution in [0.3, 0.4) is 0 Å². The summed E-state index contributed by atoms with van der Waals surface area (Å²) in [5.74, 6) is 0. The normalized spacial score (nSPS) is 12.2. The van der Waals surface area contributed by atoms with Crippen LogP contribution in [0, 0.1) is 0 Å². The third-order valence-corrected chi connectivity index (χ3v) is 5.27. The molecule has 1 aromatic heterocycles. The van der Waals surface area contributed by atoms with E-state index in [1.807, 2.05) is 19.1 Å². The molecule has 1 N–H and O–H groups in total. The Morgan fingerprint density at radius 2 is 1.76 bits per heavy atom. The molecule has 0 aliphatic carbocycles. The fraction of sp³-hybridized carbons (Fsp3) is 0.643. The second-order valence-corrected chi connectivity index (χ2v) is 7.11. The molecule has 120 valence electrons. The largest absolute Gasteiger partial charge is 0.317 e. The summed E-state index contributed by atoms with van der Waals surface area (Å²) in [6, 6.07) is 3.81. The summed E-state index contributed by atoms with van der Waals surface area (Å²) < 4.78 is 27.5. The number of likely N-dealkylation sites (N-methyl/N-ethyl adjacent to an activating group) is 1. The lowest BCUT2D eigenvalue weighted by atomic mass is 10.2. The molecular weight excluding hydrogens is 288 g/mol. The summed E-state index contributed by atoms with van der Waals surface area (Å²) in [6.45, 7) is 4.76. The van der Waals surface area contributed by atoms with Crippen LogP contribution < -0.4 is 5.32 Å². The summed E-state index contributed by atoms with van der Waals surface area (Å²) in [5, 5.41) is 3.19. The van der Waals surface area contributed by atoms with Gasteiger partial charge in [0, 0.05) is 39.6 Å². The molecule has 0 bridgehead atoms. The van der Waals surface area contributed by atoms with Crippen molar-refractivity contribution in [1.29, 1.82) is 0 Å². The number of aromatic nitrogens is 1. The average molecular weight is 314 g/mol. The maximum absolute atomic E-state index is 12.3. The van der Waals surface area contributed by atoms with E-state index in [1.165, 1.54) is 8.61 Å². The quantitative estimate of drug-likeness (QED) is 0.647. The Bertz CT molecular complexity index is 493. The van der Waals surface area contributed by atoms with E-state index in [-0.39, 0.29) is 0 Å². The summed E-state index contributed by atoms with van der Waals surface area (Å²) in [7, 11) is -0.122. The first-order valence-corrected chi connectivity index (χ1v) is 8.65. The van der Waals surface area contributed by atoms with Crippen LogP contribution in [-0.2, 0) is 16.6 Å². The lowest BCUT2D eigenvalue weighted by Crippen LogP contribution is -2.41. The molecule has 1 rings (SSSR count). The van der Waals surface area contributed by atoms with E-state index < -0.39 is 10.2 Å². The molecule has 0 unspecified atom stereocenters. The van der Waals surface area contributed by atoms with E-state index in [1.54, 1.807) is 26.5 Å². The van der Waals surface area contributed by atoms with E-state index in [4.69, 9.17) is 0 Å². The minimum Gasteiger partial charge on any atom is -0.317 e. The van der Waals surface area contributed by atoms with E-state index in [2.05, 4.69) is 10.3 Å². The molecule has 0 spiro atoms. The van der Waals surface area contributed by atoms with Crippen LogP contribution >= 0.6 is 0 Å². The average Bonchev–Trinajstić information content (AvgIpc) is 2.49. The number of hydrogen-bond acceptors (Lipinski definition) is 4. The monoisotopic (exact) mass is 314 g/mol. The molecule has 0 aliphatic heterocycles. The Labute approximate surface area is 128 Å². The molecule has 7 heteroatoms. The SMILES string of the molecule is CCNCCCN(C)S(=O)(=O)N(C)CCc1ccncc1. The van der Waals surface area contributed by atoms with Crippen molar-refractivity contribution < 1.29 is 8.42 Å². The van der Waals surface area contributed by atoms with E-state index >= 15 is 0 Å². The molecule has 0 aromatic carbocycles. The van der Waals surface area contributed by atoms with Crippen LogP contribution in [0.1, 0.15) is 18.9 Å². The molecule has 0 saturated heterocycles. The van der Waals surface area contributed by atoms with Gasteiger partial charge in [-0.3, -0.25) is 4.98 Å². The minimum absolute atomic E-state index is 0.462. The highest BCUT2D eigenvalue weighted by Crippen LogP contribution is 2.07. The number of hydrogen-bond donors (Lipinski definition) is 1. The highest BCUT2D eigenvalue weighted by Gasteiger charge is 2.22. The van der Waals surface area contributed by atoms with Crippen molar-refractivity contribution in [3.63, 3.8) is 0 Å². The lowest BCUT2D eigenvalue weighted by Gasteiger charge is -2.24. The van der Waals surface area contributed by atoms with Crippen molar-refractivity contribution in [3.05, 3.63) is 30.1 Å². The lowest BCUT2D eigenvalue weighted by molar-refractivity contribution is 0.388. The molecule has 1 heterocycles. The molecule has 0 aliphatic rings. The second-order valence-electron chi connectivity index (χ2n) is 4.96. The van der Waals surface area contributed by atoms with Crippen LogP contribution in [-0.4, -0.2) is 62.3 Å². The minimum atomic E-state index is -3.37. The van der Waals surface area contributed by atoms with Gasteiger partial charge in [-0.1, -0.05) is 6.92 Å². The fourth-order valence-corrected chi connectivity index (χ4v) is 3.07. The Balaban J connectivity index is 2.44. The number of nitrogens with zero attached hydrogens (tertiary/aromatic N) is 3. The van der Waals surface area contributed by atoms with E-state index in [0.29, 0.717) is 19.5 Å². The van der Waals surface area contributed by atoms with Crippen molar-refractivity contribution in [2.75, 3.05) is 40.3 Å². The molecular formula is C14H26N4O2S. The van der Waals surface area contributed by atoms with Crippen LogP contribution in [0.5, 0.6) is 0 Å². The summed E-state index contributed by atoms with van der Waals surface area (Å²) in [4.78, 5) is 3.95. The molecule has 0 atom stereocenters. The first kappa shape index (κ1) is 18.0. The van der Waals surface area contributed by atoms with Gasteiger partial charge in [0.2, 0.25) is 0 Å². The van der Waals surface area contributed by atoms with Gasteiger partial charge >= 0.3 is 0 Å². The molecule has 0 fully saturated rings. The van der Waals surface area contributed by atoms with Crippen molar-refractivity contribution in [3.8, 4) is 0 Å². The number of rotatable bonds is 10. The summed E-state index contributed by atoms with van der Waals surface area (Å²) in [5.41, 5.74) is 1.09. The van der Waals surface area contributed by atoms with Crippen molar-refractivity contribution >= 4 is 10.2 Å². The standard InChI is InChI=1S/C14H26N4O2S/c1-4-15-9-5-12-17(2)21(19,20)18(3)13-8-14-6-10-16-11-7-14/h6-7,10-11,15H,4-5,8-9,12-13H2,1-3H3. The van der Waals surface area contributed by atoms with Crippen LogP contribution in [0.2, 0.25) is 0 Å². The summed E-state index contributed by atoms with van der Waals surface area (Å²) >= 11 is 0. The second kappa shape index (κ2) is 9.09. The smallest absolute Gasteiger partial charge is 0.281 e. The molecule has 21 heavy (non-hydrogen) atoms. The van der Waals surface area contributed by atoms with Gasteiger partial charge in [-0.2, -0.15) is 17.0 Å². The Kier molecular flexibility index (Phi) is 7.81. The Hall–Kier alpha value is -1.02. The van der Waals surface area contributed by atoms with Gasteiger partial charge < -0.3 is 5.32 Å². The molecule has 6 nitrogen and oxygen atoms in total. The fourth-order valence-electron chi connectivity index (χ4n) is 1.91. The van der Waals surface area contributed by atoms with Crippen LogP contribution in [0.4, 0.5) is 0 Å². The van der Waals surface area contributed by atoms with Gasteiger partial charge in [-0.25, -0.2) is 0 Å². The maximum Gasteiger partial charge on any atom is 0.281 e. The predicted octanol–water partition coefficient (Wildman–Crippen LogP) is 0.732. The molecule has 1 aromatic rings. The van der Waals surface area contributed by atoms with Gasteiger partial charge in [0.05, 0.1) is 0 Å². The van der Waals surface area contributed by atoms with E-state index in [9.17, 15) is 8.42 Å². The first-order valence-electron chi connectivity index (χ1n) is 7.25. The highest BCUT2D eigenvalue weighted by atomic mass is 32.2. The zero-order valence-corrected chi connectivity index (χ0v) is 13.9. The Morgan fingerprint density at radius 1 is 1.14 bits per heavy atom. The van der Waals surface area contributed by atoms with Gasteiger partial charge in [-0.15, -0.1) is 0 Å².